The van der Waals surface area contributed by atoms with Gasteiger partial charge in [0, 0.05) is 18.5 Å². The maximum Gasteiger partial charge on any atom is 0.308 e. The van der Waals surface area contributed by atoms with Crippen molar-refractivity contribution in [2.24, 2.45) is 5.92 Å². The summed E-state index contributed by atoms with van der Waals surface area (Å²) in [5, 5.41) is 8.68. The Labute approximate surface area is 117 Å². The predicted molar refractivity (Wildman–Crippen MR) is 74.9 cm³/mol. The Bertz CT molecular complexity index is 534. The molecule has 0 aliphatic heterocycles. The summed E-state index contributed by atoms with van der Waals surface area (Å²) in [6.07, 6.45) is 0.652. The molecule has 19 heavy (non-hydrogen) atoms. The van der Waals surface area contributed by atoms with Crippen LogP contribution in [-0.4, -0.2) is 37.4 Å². The van der Waals surface area contributed by atoms with Gasteiger partial charge >= 0.3 is 5.97 Å². The number of hydrogen-bond donors (Lipinski definition) is 1. The molecule has 0 saturated carbocycles. The van der Waals surface area contributed by atoms with Gasteiger partial charge in [0.05, 0.1) is 6.42 Å². The third-order valence-corrected chi connectivity index (χ3v) is 6.06. The topological polar surface area (TPSA) is 74.7 Å². The Morgan fingerprint density at radius 3 is 2.58 bits per heavy atom. The molecule has 0 aliphatic carbocycles. The SMILES string of the molecule is CC(C)CCN(C)S(=O)(=O)c1ccc(CC(=O)O)s1. The molecule has 1 N–H and O–H groups in total. The first-order valence-electron chi connectivity index (χ1n) is 6.00. The number of nitrogens with zero attached hydrogens (tertiary/aromatic N) is 1. The highest BCUT2D eigenvalue weighted by molar-refractivity contribution is 7.91. The molecular formula is C12H19NO4S2. The maximum atomic E-state index is 12.2. The quantitative estimate of drug-likeness (QED) is 0.836. The first kappa shape index (κ1) is 16.1. The number of carboxylic acids is 1. The lowest BCUT2D eigenvalue weighted by atomic mass is 10.1. The van der Waals surface area contributed by atoms with Crippen molar-refractivity contribution in [3.05, 3.63) is 17.0 Å². The zero-order valence-corrected chi connectivity index (χ0v) is 12.9. The minimum Gasteiger partial charge on any atom is -0.481 e. The zero-order valence-electron chi connectivity index (χ0n) is 11.3. The second-order valence-corrected chi connectivity index (χ2v) is 8.24. The van der Waals surface area contributed by atoms with E-state index < -0.39 is 16.0 Å². The molecule has 0 saturated heterocycles. The smallest absolute Gasteiger partial charge is 0.308 e. The molecule has 0 fully saturated rings. The molecule has 0 aliphatic rings. The molecule has 0 aromatic carbocycles. The van der Waals surface area contributed by atoms with Gasteiger partial charge in [0.15, 0.2) is 0 Å². The first-order chi connectivity index (χ1) is 8.73. The van der Waals surface area contributed by atoms with E-state index in [0.29, 0.717) is 17.3 Å². The highest BCUT2D eigenvalue weighted by Gasteiger charge is 2.23. The fourth-order valence-electron chi connectivity index (χ4n) is 1.45. The van der Waals surface area contributed by atoms with E-state index in [4.69, 9.17) is 5.11 Å². The van der Waals surface area contributed by atoms with Gasteiger partial charge < -0.3 is 5.11 Å². The van der Waals surface area contributed by atoms with Crippen molar-refractivity contribution < 1.29 is 18.3 Å². The van der Waals surface area contributed by atoms with Gasteiger partial charge in [0.2, 0.25) is 0 Å². The molecule has 0 amide bonds. The highest BCUT2D eigenvalue weighted by atomic mass is 32.2. The van der Waals surface area contributed by atoms with E-state index in [2.05, 4.69) is 0 Å². The minimum atomic E-state index is -3.49. The molecule has 5 nitrogen and oxygen atoms in total. The number of thiophene rings is 1. The van der Waals surface area contributed by atoms with E-state index in [1.54, 1.807) is 13.1 Å². The summed E-state index contributed by atoms with van der Waals surface area (Å²) in [7, 11) is -1.94. The van der Waals surface area contributed by atoms with Gasteiger partial charge in [-0.2, -0.15) is 0 Å². The number of sulfonamides is 1. The van der Waals surface area contributed by atoms with Crippen molar-refractivity contribution in [2.45, 2.75) is 30.9 Å². The van der Waals surface area contributed by atoms with Crippen molar-refractivity contribution in [1.29, 1.82) is 0 Å². The third-order valence-electron chi connectivity index (χ3n) is 2.65. The molecule has 1 aromatic heterocycles. The van der Waals surface area contributed by atoms with Crippen molar-refractivity contribution in [1.82, 2.24) is 4.31 Å². The molecule has 0 bridgehead atoms. The molecule has 1 rings (SSSR count). The van der Waals surface area contributed by atoms with Gasteiger partial charge in [-0.25, -0.2) is 12.7 Å². The standard InChI is InChI=1S/C12H19NO4S2/c1-9(2)6-7-13(3)19(16,17)12-5-4-10(18-12)8-11(14)15/h4-5,9H,6-8H2,1-3H3,(H,14,15). The van der Waals surface area contributed by atoms with E-state index >= 15 is 0 Å². The summed E-state index contributed by atoms with van der Waals surface area (Å²) < 4.78 is 26.0. The predicted octanol–water partition coefficient (Wildman–Crippen LogP) is 2.04. The average molecular weight is 305 g/mol. The Balaban J connectivity index is 2.81. The molecule has 0 unspecified atom stereocenters. The van der Waals surface area contributed by atoms with Crippen molar-refractivity contribution in [3.8, 4) is 0 Å². The summed E-state index contributed by atoms with van der Waals surface area (Å²) in [6.45, 7) is 4.54. The van der Waals surface area contributed by atoms with Crippen molar-refractivity contribution >= 4 is 27.3 Å². The third kappa shape index (κ3) is 4.59. The normalized spacial score (nSPS) is 12.3. The van der Waals surface area contributed by atoms with Crippen LogP contribution in [0.25, 0.3) is 0 Å². The minimum absolute atomic E-state index is 0.143. The van der Waals surface area contributed by atoms with Crippen LogP contribution in [0, 0.1) is 5.92 Å². The number of hydrogen-bond acceptors (Lipinski definition) is 4. The van der Waals surface area contributed by atoms with Crippen LogP contribution in [0.5, 0.6) is 0 Å². The lowest BCUT2D eigenvalue weighted by molar-refractivity contribution is -0.136. The van der Waals surface area contributed by atoms with Crippen LogP contribution in [0.15, 0.2) is 16.3 Å². The molecule has 1 aromatic rings. The van der Waals surface area contributed by atoms with Crippen LogP contribution in [0.1, 0.15) is 25.1 Å². The fraction of sp³-hybridized carbons (Fsp3) is 0.583. The summed E-state index contributed by atoms with van der Waals surface area (Å²) in [6, 6.07) is 3.03. The lowest BCUT2D eigenvalue weighted by Gasteiger charge is -2.16. The van der Waals surface area contributed by atoms with Gasteiger partial charge in [0.1, 0.15) is 4.21 Å². The molecule has 0 atom stereocenters. The second-order valence-electron chi connectivity index (χ2n) is 4.80. The number of carboxylic acid groups (broad SMARTS) is 1. The van der Waals surface area contributed by atoms with E-state index in [0.717, 1.165) is 17.8 Å². The monoisotopic (exact) mass is 305 g/mol. The first-order valence-corrected chi connectivity index (χ1v) is 8.26. The van der Waals surface area contributed by atoms with E-state index in [1.807, 2.05) is 13.8 Å². The van der Waals surface area contributed by atoms with Crippen LogP contribution < -0.4 is 0 Å². The summed E-state index contributed by atoms with van der Waals surface area (Å²) >= 11 is 1.02. The largest absolute Gasteiger partial charge is 0.481 e. The fourth-order valence-corrected chi connectivity index (χ4v) is 4.20. The van der Waals surface area contributed by atoms with E-state index in [1.165, 1.54) is 10.4 Å². The zero-order chi connectivity index (χ0) is 14.6. The van der Waals surface area contributed by atoms with Crippen LogP contribution >= 0.6 is 11.3 Å². The van der Waals surface area contributed by atoms with Gasteiger partial charge in [-0.05, 0) is 24.5 Å². The summed E-state index contributed by atoms with van der Waals surface area (Å²) in [5.41, 5.74) is 0. The molecule has 1 heterocycles. The summed E-state index contributed by atoms with van der Waals surface area (Å²) in [5.74, 6) is -0.525. The van der Waals surface area contributed by atoms with Crippen LogP contribution in [0.2, 0.25) is 0 Å². The van der Waals surface area contributed by atoms with E-state index in [9.17, 15) is 13.2 Å². The van der Waals surface area contributed by atoms with Crippen molar-refractivity contribution in [3.63, 3.8) is 0 Å². The Morgan fingerprint density at radius 2 is 2.05 bits per heavy atom. The average Bonchev–Trinajstić information content (AvgIpc) is 2.73. The Morgan fingerprint density at radius 1 is 1.42 bits per heavy atom. The lowest BCUT2D eigenvalue weighted by Crippen LogP contribution is -2.28. The van der Waals surface area contributed by atoms with E-state index in [-0.39, 0.29) is 10.6 Å². The van der Waals surface area contributed by atoms with Crippen LogP contribution in [0.4, 0.5) is 0 Å². The number of rotatable bonds is 7. The van der Waals surface area contributed by atoms with Crippen LogP contribution in [-0.2, 0) is 21.2 Å². The molecule has 0 radical (unpaired) electrons. The van der Waals surface area contributed by atoms with Crippen molar-refractivity contribution in [2.75, 3.05) is 13.6 Å². The molecule has 108 valence electrons. The molecule has 7 heteroatoms. The van der Waals surface area contributed by atoms with Gasteiger partial charge in [0.25, 0.3) is 10.0 Å². The van der Waals surface area contributed by atoms with Gasteiger partial charge in [-0.3, -0.25) is 4.79 Å². The highest BCUT2D eigenvalue weighted by Crippen LogP contribution is 2.25. The molecule has 0 spiro atoms. The van der Waals surface area contributed by atoms with Crippen LogP contribution in [0.3, 0.4) is 0 Å². The summed E-state index contributed by atoms with van der Waals surface area (Å²) in [4.78, 5) is 11.1. The Kier molecular flexibility index (Phi) is 5.51. The van der Waals surface area contributed by atoms with Gasteiger partial charge in [-0.1, -0.05) is 13.8 Å². The molecular weight excluding hydrogens is 286 g/mol. The maximum absolute atomic E-state index is 12.2. The number of aliphatic carboxylic acids is 1. The second kappa shape index (κ2) is 6.49. The Hall–Kier alpha value is -0.920. The number of carbonyl (C=O) groups is 1. The van der Waals surface area contributed by atoms with Gasteiger partial charge in [-0.15, -0.1) is 11.3 Å².